The summed E-state index contributed by atoms with van der Waals surface area (Å²) in [5.41, 5.74) is 0.934. The van der Waals surface area contributed by atoms with Crippen molar-refractivity contribution < 1.29 is 22.7 Å². The van der Waals surface area contributed by atoms with Gasteiger partial charge in [-0.2, -0.15) is 4.72 Å². The monoisotopic (exact) mass is 417 g/mol. The number of benzene rings is 2. The van der Waals surface area contributed by atoms with Gasteiger partial charge in [0.25, 0.3) is 0 Å². The zero-order valence-electron chi connectivity index (χ0n) is 13.9. The van der Waals surface area contributed by atoms with Crippen LogP contribution in [0.15, 0.2) is 47.4 Å². The van der Waals surface area contributed by atoms with Crippen molar-refractivity contribution >= 4 is 39.2 Å². The summed E-state index contributed by atoms with van der Waals surface area (Å²) in [4.78, 5) is 11.7. The molecule has 0 fully saturated rings. The van der Waals surface area contributed by atoms with Crippen LogP contribution in [0.3, 0.4) is 0 Å². The van der Waals surface area contributed by atoms with Crippen LogP contribution >= 0.6 is 23.2 Å². The molecule has 0 amide bonds. The van der Waals surface area contributed by atoms with E-state index in [1.165, 1.54) is 18.2 Å². The zero-order valence-corrected chi connectivity index (χ0v) is 16.2. The lowest BCUT2D eigenvalue weighted by atomic mass is 10.2. The second-order valence-corrected chi connectivity index (χ2v) is 7.89. The average Bonchev–Trinajstić information content (AvgIpc) is 2.59. The Bertz CT molecular complexity index is 869. The standard InChI is InChI=1S/C17H17Cl2NO5S/c1-12-2-5-14(6-3-12)26(22,23)20-11-17(21)25-9-8-24-16-7-4-13(18)10-15(16)19/h2-7,10,20H,8-9,11H2,1H3. The van der Waals surface area contributed by atoms with Crippen molar-refractivity contribution in [1.82, 2.24) is 4.72 Å². The molecule has 0 bridgehead atoms. The number of hydrogen-bond acceptors (Lipinski definition) is 5. The molecule has 2 rings (SSSR count). The maximum Gasteiger partial charge on any atom is 0.321 e. The average molecular weight is 418 g/mol. The van der Waals surface area contributed by atoms with Gasteiger partial charge < -0.3 is 9.47 Å². The topological polar surface area (TPSA) is 81.7 Å². The lowest BCUT2D eigenvalue weighted by molar-refractivity contribution is -0.142. The van der Waals surface area contributed by atoms with E-state index in [9.17, 15) is 13.2 Å². The van der Waals surface area contributed by atoms with Gasteiger partial charge in [0, 0.05) is 5.02 Å². The van der Waals surface area contributed by atoms with E-state index in [-0.39, 0.29) is 18.1 Å². The predicted octanol–water partition coefficient (Wildman–Crippen LogP) is 3.20. The Morgan fingerprint density at radius 3 is 2.42 bits per heavy atom. The van der Waals surface area contributed by atoms with Gasteiger partial charge in [-0.1, -0.05) is 40.9 Å². The smallest absolute Gasteiger partial charge is 0.321 e. The fourth-order valence-electron chi connectivity index (χ4n) is 1.91. The molecule has 9 heteroatoms. The van der Waals surface area contributed by atoms with Crippen LogP contribution in [0.2, 0.25) is 10.0 Å². The highest BCUT2D eigenvalue weighted by Crippen LogP contribution is 2.27. The molecule has 26 heavy (non-hydrogen) atoms. The van der Waals surface area contributed by atoms with Gasteiger partial charge in [-0.25, -0.2) is 8.42 Å². The van der Waals surface area contributed by atoms with Crippen molar-refractivity contribution in [3.63, 3.8) is 0 Å². The summed E-state index contributed by atoms with van der Waals surface area (Å²) in [5, 5.41) is 0.823. The molecule has 0 aliphatic rings. The van der Waals surface area contributed by atoms with Crippen molar-refractivity contribution in [3.8, 4) is 5.75 Å². The minimum atomic E-state index is -3.77. The van der Waals surface area contributed by atoms with Gasteiger partial charge in [0.1, 0.15) is 25.5 Å². The van der Waals surface area contributed by atoms with Gasteiger partial charge in [0.05, 0.1) is 9.92 Å². The van der Waals surface area contributed by atoms with E-state index in [1.807, 2.05) is 6.92 Å². The van der Waals surface area contributed by atoms with Gasteiger partial charge in [-0.3, -0.25) is 4.79 Å². The van der Waals surface area contributed by atoms with Crippen LogP contribution in [0.25, 0.3) is 0 Å². The number of aryl methyl sites for hydroxylation is 1. The Kier molecular flexibility index (Phi) is 7.28. The minimum absolute atomic E-state index is 0.0515. The molecule has 0 saturated heterocycles. The molecule has 0 aromatic heterocycles. The lowest BCUT2D eigenvalue weighted by Crippen LogP contribution is -2.31. The Balaban J connectivity index is 1.74. The normalized spacial score (nSPS) is 11.2. The highest BCUT2D eigenvalue weighted by Gasteiger charge is 2.15. The van der Waals surface area contributed by atoms with Gasteiger partial charge in [0.15, 0.2) is 0 Å². The van der Waals surface area contributed by atoms with Crippen LogP contribution in [-0.2, 0) is 19.6 Å². The number of halogens is 2. The summed E-state index contributed by atoms with van der Waals surface area (Å²) < 4.78 is 36.6. The molecule has 0 spiro atoms. The third-order valence-electron chi connectivity index (χ3n) is 3.24. The number of nitrogens with one attached hydrogen (secondary N) is 1. The molecule has 140 valence electrons. The molecule has 0 unspecified atom stereocenters. The van der Waals surface area contributed by atoms with Gasteiger partial charge in [-0.05, 0) is 37.3 Å². The summed E-state index contributed by atoms with van der Waals surface area (Å²) in [7, 11) is -3.77. The molecule has 0 aliphatic carbocycles. The van der Waals surface area contributed by atoms with Crippen molar-refractivity contribution in [2.75, 3.05) is 19.8 Å². The molecule has 2 aromatic rings. The molecule has 0 heterocycles. The first-order chi connectivity index (χ1) is 12.3. The van der Waals surface area contributed by atoms with Crippen LogP contribution < -0.4 is 9.46 Å². The number of sulfonamides is 1. The van der Waals surface area contributed by atoms with E-state index >= 15 is 0 Å². The first kappa shape index (κ1) is 20.5. The molecule has 0 saturated carbocycles. The Morgan fingerprint density at radius 1 is 1.08 bits per heavy atom. The van der Waals surface area contributed by atoms with Crippen molar-refractivity contribution in [2.45, 2.75) is 11.8 Å². The van der Waals surface area contributed by atoms with E-state index < -0.39 is 22.5 Å². The molecule has 0 atom stereocenters. The number of carbonyl (C=O) groups excluding carboxylic acids is 1. The van der Waals surface area contributed by atoms with E-state index in [1.54, 1.807) is 24.3 Å². The molecule has 2 aromatic carbocycles. The van der Waals surface area contributed by atoms with Crippen LogP contribution in [0.5, 0.6) is 5.75 Å². The molecule has 6 nitrogen and oxygen atoms in total. The molecule has 1 N–H and O–H groups in total. The van der Waals surface area contributed by atoms with E-state index in [4.69, 9.17) is 32.7 Å². The van der Waals surface area contributed by atoms with E-state index in [2.05, 4.69) is 4.72 Å². The summed E-state index contributed by atoms with van der Waals surface area (Å²) in [6.45, 7) is 1.39. The van der Waals surface area contributed by atoms with Gasteiger partial charge >= 0.3 is 5.97 Å². The first-order valence-corrected chi connectivity index (χ1v) is 9.81. The minimum Gasteiger partial charge on any atom is -0.488 e. The Morgan fingerprint density at radius 2 is 1.77 bits per heavy atom. The zero-order chi connectivity index (χ0) is 19.2. The van der Waals surface area contributed by atoms with Crippen LogP contribution in [-0.4, -0.2) is 34.1 Å². The SMILES string of the molecule is Cc1ccc(S(=O)(=O)NCC(=O)OCCOc2ccc(Cl)cc2Cl)cc1. The molecule has 0 radical (unpaired) electrons. The van der Waals surface area contributed by atoms with Crippen LogP contribution in [0.4, 0.5) is 0 Å². The second kappa shape index (κ2) is 9.23. The highest BCUT2D eigenvalue weighted by atomic mass is 35.5. The van der Waals surface area contributed by atoms with E-state index in [0.717, 1.165) is 5.56 Å². The number of rotatable bonds is 8. The summed E-state index contributed by atoms with van der Waals surface area (Å²) >= 11 is 11.7. The summed E-state index contributed by atoms with van der Waals surface area (Å²) in [6, 6.07) is 11.0. The molecular formula is C17H17Cl2NO5S. The third-order valence-corrected chi connectivity index (χ3v) is 5.18. The van der Waals surface area contributed by atoms with Gasteiger partial charge in [0.2, 0.25) is 10.0 Å². The summed E-state index contributed by atoms with van der Waals surface area (Å²) in [6.07, 6.45) is 0. The Hall–Kier alpha value is -1.80. The highest BCUT2D eigenvalue weighted by molar-refractivity contribution is 7.89. The van der Waals surface area contributed by atoms with Crippen molar-refractivity contribution in [3.05, 3.63) is 58.1 Å². The van der Waals surface area contributed by atoms with E-state index in [0.29, 0.717) is 15.8 Å². The predicted molar refractivity (Wildman–Crippen MR) is 99.3 cm³/mol. The maximum absolute atomic E-state index is 12.1. The van der Waals surface area contributed by atoms with Crippen LogP contribution in [0, 0.1) is 6.92 Å². The number of esters is 1. The fourth-order valence-corrected chi connectivity index (χ4v) is 3.34. The fraction of sp³-hybridized carbons (Fsp3) is 0.235. The second-order valence-electron chi connectivity index (χ2n) is 5.28. The maximum atomic E-state index is 12.1. The van der Waals surface area contributed by atoms with Crippen molar-refractivity contribution in [2.24, 2.45) is 0 Å². The van der Waals surface area contributed by atoms with Gasteiger partial charge in [-0.15, -0.1) is 0 Å². The first-order valence-electron chi connectivity index (χ1n) is 7.58. The summed E-state index contributed by atoms with van der Waals surface area (Å²) in [5.74, 6) is -0.307. The number of ether oxygens (including phenoxy) is 2. The molecule has 0 aliphatic heterocycles. The quantitative estimate of drug-likeness (QED) is 0.526. The third kappa shape index (κ3) is 6.17. The lowest BCUT2D eigenvalue weighted by Gasteiger charge is -2.10. The van der Waals surface area contributed by atoms with Crippen LogP contribution in [0.1, 0.15) is 5.56 Å². The number of carbonyl (C=O) groups is 1. The number of hydrogen-bond donors (Lipinski definition) is 1. The Labute approximate surface area is 162 Å². The van der Waals surface area contributed by atoms with Crippen molar-refractivity contribution in [1.29, 1.82) is 0 Å². The molecular weight excluding hydrogens is 401 g/mol. The largest absolute Gasteiger partial charge is 0.488 e.